The van der Waals surface area contributed by atoms with Gasteiger partial charge in [0.25, 0.3) is 5.91 Å². The fraction of sp³-hybridized carbons (Fsp3) is 0.130. The number of hydrogen-bond acceptors (Lipinski definition) is 3. The molecular formula is C23H18Cl2N2O2. The lowest BCUT2D eigenvalue weighted by Gasteiger charge is -2.23. The highest BCUT2D eigenvalue weighted by Crippen LogP contribution is 2.33. The zero-order valence-corrected chi connectivity index (χ0v) is 17.1. The molecule has 0 aliphatic carbocycles. The predicted molar refractivity (Wildman–Crippen MR) is 117 cm³/mol. The highest BCUT2D eigenvalue weighted by molar-refractivity contribution is 6.32. The van der Waals surface area contributed by atoms with E-state index in [9.17, 15) is 9.90 Å². The van der Waals surface area contributed by atoms with Crippen molar-refractivity contribution in [2.45, 2.75) is 12.1 Å². The van der Waals surface area contributed by atoms with Gasteiger partial charge in [0.15, 0.2) is 6.04 Å². The van der Waals surface area contributed by atoms with E-state index in [0.717, 1.165) is 11.1 Å². The molecule has 146 valence electrons. The zero-order valence-electron chi connectivity index (χ0n) is 15.6. The van der Waals surface area contributed by atoms with E-state index in [1.54, 1.807) is 49.5 Å². The van der Waals surface area contributed by atoms with Crippen molar-refractivity contribution in [3.8, 4) is 0 Å². The molecule has 29 heavy (non-hydrogen) atoms. The fourth-order valence-corrected chi connectivity index (χ4v) is 3.74. The van der Waals surface area contributed by atoms with Crippen LogP contribution in [-0.2, 0) is 4.79 Å². The van der Waals surface area contributed by atoms with Crippen LogP contribution < -0.4 is 4.90 Å². The molecule has 4 nitrogen and oxygen atoms in total. The van der Waals surface area contributed by atoms with E-state index < -0.39 is 12.1 Å². The molecule has 3 aromatic carbocycles. The van der Waals surface area contributed by atoms with Crippen molar-refractivity contribution in [2.24, 2.45) is 4.99 Å². The van der Waals surface area contributed by atoms with E-state index >= 15 is 0 Å². The van der Waals surface area contributed by atoms with Gasteiger partial charge in [0.05, 0.1) is 11.4 Å². The largest absolute Gasteiger partial charge is 0.386 e. The third-order valence-electron chi connectivity index (χ3n) is 4.98. The molecule has 0 bridgehead atoms. The van der Waals surface area contributed by atoms with Crippen LogP contribution in [0.15, 0.2) is 77.8 Å². The van der Waals surface area contributed by atoms with Gasteiger partial charge < -0.3 is 10.0 Å². The molecule has 0 saturated heterocycles. The van der Waals surface area contributed by atoms with Gasteiger partial charge in [-0.3, -0.25) is 9.79 Å². The lowest BCUT2D eigenvalue weighted by Crippen LogP contribution is -2.38. The maximum Gasteiger partial charge on any atom is 0.254 e. The third kappa shape index (κ3) is 3.79. The first-order chi connectivity index (χ1) is 14.0. The van der Waals surface area contributed by atoms with Crippen LogP contribution in [0.2, 0.25) is 10.0 Å². The SMILES string of the molecule is CN1C(=O)C(C(O)c2ccc(Cl)cc2)N=C(c2ccccc2)c2cc(Cl)ccc21. The van der Waals surface area contributed by atoms with Crippen molar-refractivity contribution < 1.29 is 9.90 Å². The van der Waals surface area contributed by atoms with Crippen molar-refractivity contribution in [3.63, 3.8) is 0 Å². The van der Waals surface area contributed by atoms with Crippen molar-refractivity contribution in [1.82, 2.24) is 0 Å². The molecule has 0 saturated carbocycles. The minimum atomic E-state index is -1.12. The molecule has 3 aromatic rings. The van der Waals surface area contributed by atoms with Gasteiger partial charge in [-0.25, -0.2) is 0 Å². The average molecular weight is 425 g/mol. The number of halogens is 2. The van der Waals surface area contributed by atoms with Crippen LogP contribution in [0, 0.1) is 0 Å². The number of fused-ring (bicyclic) bond motifs is 1. The first kappa shape index (κ1) is 19.6. The first-order valence-electron chi connectivity index (χ1n) is 9.10. The minimum absolute atomic E-state index is 0.304. The Labute approximate surface area is 179 Å². The molecular weight excluding hydrogens is 407 g/mol. The number of hydrogen-bond donors (Lipinski definition) is 1. The van der Waals surface area contributed by atoms with Gasteiger partial charge in [0.2, 0.25) is 0 Å². The summed E-state index contributed by atoms with van der Waals surface area (Å²) in [7, 11) is 1.68. The molecule has 0 radical (unpaired) electrons. The number of benzene rings is 3. The Bertz CT molecular complexity index is 1080. The van der Waals surface area contributed by atoms with Crippen LogP contribution in [0.25, 0.3) is 0 Å². The summed E-state index contributed by atoms with van der Waals surface area (Å²) < 4.78 is 0. The molecule has 1 aliphatic rings. The van der Waals surface area contributed by atoms with E-state index in [1.807, 2.05) is 30.3 Å². The quantitative estimate of drug-likeness (QED) is 0.649. The number of aliphatic hydroxyl groups excluding tert-OH is 1. The number of rotatable bonds is 3. The summed E-state index contributed by atoms with van der Waals surface area (Å²) in [5.74, 6) is -0.304. The van der Waals surface area contributed by atoms with E-state index in [0.29, 0.717) is 27.0 Å². The van der Waals surface area contributed by atoms with Gasteiger partial charge in [0, 0.05) is 28.2 Å². The Hall–Kier alpha value is -2.66. The number of nitrogens with zero attached hydrogens (tertiary/aromatic N) is 2. The molecule has 0 aromatic heterocycles. The monoisotopic (exact) mass is 424 g/mol. The van der Waals surface area contributed by atoms with Crippen molar-refractivity contribution in [1.29, 1.82) is 0 Å². The van der Waals surface area contributed by atoms with Crippen LogP contribution in [0.3, 0.4) is 0 Å². The molecule has 2 atom stereocenters. The van der Waals surface area contributed by atoms with Gasteiger partial charge in [-0.15, -0.1) is 0 Å². The maximum atomic E-state index is 13.3. The van der Waals surface area contributed by atoms with Crippen LogP contribution in [-0.4, -0.2) is 29.8 Å². The molecule has 4 rings (SSSR count). The number of likely N-dealkylation sites (N-methyl/N-ethyl adjacent to an activating group) is 1. The summed E-state index contributed by atoms with van der Waals surface area (Å²) in [5.41, 5.74) is 3.45. The van der Waals surface area contributed by atoms with E-state index in [2.05, 4.69) is 0 Å². The number of anilines is 1. The molecule has 1 aliphatic heterocycles. The molecule has 2 unspecified atom stereocenters. The van der Waals surface area contributed by atoms with Crippen molar-refractivity contribution >= 4 is 40.5 Å². The Morgan fingerprint density at radius 1 is 0.966 bits per heavy atom. The summed E-state index contributed by atoms with van der Waals surface area (Å²) in [6.45, 7) is 0. The second-order valence-corrected chi connectivity index (χ2v) is 7.72. The summed E-state index contributed by atoms with van der Waals surface area (Å²) in [4.78, 5) is 19.5. The van der Waals surface area contributed by atoms with Crippen LogP contribution in [0.5, 0.6) is 0 Å². The highest BCUT2D eigenvalue weighted by Gasteiger charge is 2.35. The van der Waals surface area contributed by atoms with Crippen molar-refractivity contribution in [2.75, 3.05) is 11.9 Å². The molecule has 1 N–H and O–H groups in total. The third-order valence-corrected chi connectivity index (χ3v) is 5.47. The van der Waals surface area contributed by atoms with Gasteiger partial charge in [-0.05, 0) is 35.9 Å². The smallest absolute Gasteiger partial charge is 0.254 e. The van der Waals surface area contributed by atoms with E-state index in [-0.39, 0.29) is 5.91 Å². The summed E-state index contributed by atoms with van der Waals surface area (Å²) >= 11 is 12.2. The van der Waals surface area contributed by atoms with Crippen LogP contribution in [0.4, 0.5) is 5.69 Å². The molecule has 1 amide bonds. The summed E-state index contributed by atoms with van der Waals surface area (Å²) in [6.07, 6.45) is -1.12. The normalized spacial score (nSPS) is 17.4. The lowest BCUT2D eigenvalue weighted by molar-refractivity contribution is -0.121. The summed E-state index contributed by atoms with van der Waals surface area (Å²) in [6, 6.07) is 20.7. The number of amides is 1. The maximum absolute atomic E-state index is 13.3. The second-order valence-electron chi connectivity index (χ2n) is 6.84. The number of aliphatic imine (C=N–C) groups is 1. The molecule has 0 fully saturated rings. The Morgan fingerprint density at radius 3 is 2.31 bits per heavy atom. The average Bonchev–Trinajstić information content (AvgIpc) is 2.84. The predicted octanol–water partition coefficient (Wildman–Crippen LogP) is 4.91. The molecule has 6 heteroatoms. The van der Waals surface area contributed by atoms with Crippen LogP contribution in [0.1, 0.15) is 22.8 Å². The standard InChI is InChI=1S/C23H18Cl2N2O2/c1-27-19-12-11-17(25)13-18(19)20(14-5-3-2-4-6-14)26-21(23(27)29)22(28)15-7-9-16(24)10-8-15/h2-13,21-22,28H,1H3. The fourth-order valence-electron chi connectivity index (χ4n) is 3.45. The van der Waals surface area contributed by atoms with E-state index in [4.69, 9.17) is 28.2 Å². The topological polar surface area (TPSA) is 52.9 Å². The number of aliphatic hydroxyl groups is 1. The number of carbonyl (C=O) groups is 1. The van der Waals surface area contributed by atoms with E-state index in [1.165, 1.54) is 4.90 Å². The Balaban J connectivity index is 1.89. The zero-order chi connectivity index (χ0) is 20.5. The lowest BCUT2D eigenvalue weighted by atomic mass is 9.99. The molecule has 1 heterocycles. The number of carbonyl (C=O) groups excluding carboxylic acids is 1. The van der Waals surface area contributed by atoms with Crippen LogP contribution >= 0.6 is 23.2 Å². The molecule has 0 spiro atoms. The second kappa shape index (κ2) is 7.99. The van der Waals surface area contributed by atoms with Crippen molar-refractivity contribution in [3.05, 3.63) is 99.5 Å². The summed E-state index contributed by atoms with van der Waals surface area (Å²) in [5, 5.41) is 12.1. The Morgan fingerprint density at radius 2 is 1.62 bits per heavy atom. The Kier molecular flexibility index (Phi) is 5.41. The minimum Gasteiger partial charge on any atom is -0.386 e. The van der Waals surface area contributed by atoms with Gasteiger partial charge in [-0.2, -0.15) is 0 Å². The van der Waals surface area contributed by atoms with Gasteiger partial charge in [0.1, 0.15) is 6.10 Å². The number of benzodiazepines with no additional fused rings is 1. The first-order valence-corrected chi connectivity index (χ1v) is 9.85. The highest BCUT2D eigenvalue weighted by atomic mass is 35.5. The van der Waals surface area contributed by atoms with Gasteiger partial charge in [-0.1, -0.05) is 65.7 Å². The van der Waals surface area contributed by atoms with Gasteiger partial charge >= 0.3 is 0 Å².